The SMILES string of the molecule is CCNCC1CC1(C)c1ccccc1OCC. The van der Waals surface area contributed by atoms with Crippen LogP contribution in [0.5, 0.6) is 5.75 Å². The number of hydrogen-bond acceptors (Lipinski definition) is 2. The van der Waals surface area contributed by atoms with Gasteiger partial charge in [0, 0.05) is 11.0 Å². The van der Waals surface area contributed by atoms with Crippen molar-refractivity contribution in [3.63, 3.8) is 0 Å². The molecule has 1 aromatic rings. The number of nitrogens with one attached hydrogen (secondary N) is 1. The maximum Gasteiger partial charge on any atom is 0.123 e. The number of rotatable bonds is 6. The van der Waals surface area contributed by atoms with E-state index in [4.69, 9.17) is 4.74 Å². The molecule has 0 heterocycles. The zero-order valence-electron chi connectivity index (χ0n) is 11.1. The van der Waals surface area contributed by atoms with Crippen molar-refractivity contribution in [2.45, 2.75) is 32.6 Å². The van der Waals surface area contributed by atoms with Crippen molar-refractivity contribution in [2.24, 2.45) is 5.92 Å². The lowest BCUT2D eigenvalue weighted by molar-refractivity contribution is 0.333. The van der Waals surface area contributed by atoms with Crippen LogP contribution < -0.4 is 10.1 Å². The molecule has 0 aromatic heterocycles. The summed E-state index contributed by atoms with van der Waals surface area (Å²) in [5, 5.41) is 3.45. The number of ether oxygens (including phenoxy) is 1. The smallest absolute Gasteiger partial charge is 0.123 e. The Morgan fingerprint density at radius 3 is 2.82 bits per heavy atom. The maximum absolute atomic E-state index is 5.74. The summed E-state index contributed by atoms with van der Waals surface area (Å²) in [5.74, 6) is 1.82. The van der Waals surface area contributed by atoms with Gasteiger partial charge in [-0.25, -0.2) is 0 Å². The van der Waals surface area contributed by atoms with Crippen LogP contribution in [-0.2, 0) is 5.41 Å². The summed E-state index contributed by atoms with van der Waals surface area (Å²) in [6.45, 7) is 9.47. The maximum atomic E-state index is 5.74. The van der Waals surface area contributed by atoms with Gasteiger partial charge in [-0.1, -0.05) is 32.0 Å². The first kappa shape index (κ1) is 12.4. The molecule has 1 aliphatic carbocycles. The van der Waals surface area contributed by atoms with E-state index in [9.17, 15) is 0 Å². The van der Waals surface area contributed by atoms with E-state index in [0.717, 1.165) is 31.4 Å². The van der Waals surface area contributed by atoms with Crippen molar-refractivity contribution in [3.8, 4) is 5.75 Å². The van der Waals surface area contributed by atoms with Gasteiger partial charge in [0.2, 0.25) is 0 Å². The highest BCUT2D eigenvalue weighted by atomic mass is 16.5. The molecule has 0 amide bonds. The van der Waals surface area contributed by atoms with Gasteiger partial charge in [0.25, 0.3) is 0 Å². The van der Waals surface area contributed by atoms with E-state index < -0.39 is 0 Å². The molecule has 0 bridgehead atoms. The fraction of sp³-hybridized carbons (Fsp3) is 0.600. The lowest BCUT2D eigenvalue weighted by Gasteiger charge is -2.17. The summed E-state index contributed by atoms with van der Waals surface area (Å²) in [6.07, 6.45) is 1.27. The predicted molar refractivity (Wildman–Crippen MR) is 71.6 cm³/mol. The molecule has 0 spiro atoms. The molecule has 1 aromatic carbocycles. The fourth-order valence-electron chi connectivity index (χ4n) is 2.62. The second kappa shape index (κ2) is 5.09. The Kier molecular flexibility index (Phi) is 3.72. The van der Waals surface area contributed by atoms with Crippen molar-refractivity contribution in [1.29, 1.82) is 0 Å². The van der Waals surface area contributed by atoms with E-state index >= 15 is 0 Å². The standard InChI is InChI=1S/C15H23NO/c1-4-16-11-12-10-15(12,3)13-8-6-7-9-14(13)17-5-2/h6-9,12,16H,4-5,10-11H2,1-3H3. The quantitative estimate of drug-likeness (QED) is 0.815. The van der Waals surface area contributed by atoms with E-state index in [1.165, 1.54) is 12.0 Å². The molecule has 94 valence electrons. The van der Waals surface area contributed by atoms with Gasteiger partial charge >= 0.3 is 0 Å². The summed E-state index contributed by atoms with van der Waals surface area (Å²) in [5.41, 5.74) is 1.69. The zero-order chi connectivity index (χ0) is 12.3. The first-order valence-electron chi connectivity index (χ1n) is 6.65. The summed E-state index contributed by atoms with van der Waals surface area (Å²) in [6, 6.07) is 8.48. The van der Waals surface area contributed by atoms with Gasteiger partial charge in [-0.3, -0.25) is 0 Å². The molecular formula is C15H23NO. The van der Waals surface area contributed by atoms with Crippen LogP contribution in [0.4, 0.5) is 0 Å². The summed E-state index contributed by atoms with van der Waals surface area (Å²) in [7, 11) is 0. The molecule has 0 aliphatic heterocycles. The van der Waals surface area contributed by atoms with Crippen LogP contribution in [0.1, 0.15) is 32.8 Å². The molecule has 17 heavy (non-hydrogen) atoms. The van der Waals surface area contributed by atoms with Crippen LogP contribution in [0.3, 0.4) is 0 Å². The molecule has 2 heteroatoms. The average Bonchev–Trinajstić information content (AvgIpc) is 3.00. The highest BCUT2D eigenvalue weighted by molar-refractivity contribution is 5.44. The molecule has 1 aliphatic rings. The molecule has 2 unspecified atom stereocenters. The van der Waals surface area contributed by atoms with E-state index in [1.54, 1.807) is 0 Å². The lowest BCUT2D eigenvalue weighted by atomic mass is 9.94. The lowest BCUT2D eigenvalue weighted by Crippen LogP contribution is -2.20. The van der Waals surface area contributed by atoms with Gasteiger partial charge in [-0.05, 0) is 38.4 Å². The first-order chi connectivity index (χ1) is 8.22. The van der Waals surface area contributed by atoms with Crippen molar-refractivity contribution in [3.05, 3.63) is 29.8 Å². The third kappa shape index (κ3) is 2.47. The molecule has 1 N–H and O–H groups in total. The van der Waals surface area contributed by atoms with Crippen molar-refractivity contribution in [1.82, 2.24) is 5.32 Å². The Balaban J connectivity index is 2.12. The van der Waals surface area contributed by atoms with Gasteiger partial charge in [-0.2, -0.15) is 0 Å². The summed E-state index contributed by atoms with van der Waals surface area (Å²) >= 11 is 0. The average molecular weight is 233 g/mol. The minimum Gasteiger partial charge on any atom is -0.494 e. The van der Waals surface area contributed by atoms with Crippen molar-refractivity contribution in [2.75, 3.05) is 19.7 Å². The number of para-hydroxylation sites is 1. The van der Waals surface area contributed by atoms with Crippen LogP contribution in [0.2, 0.25) is 0 Å². The van der Waals surface area contributed by atoms with E-state index in [1.807, 2.05) is 6.92 Å². The number of hydrogen-bond donors (Lipinski definition) is 1. The molecule has 1 saturated carbocycles. The Labute approximate surface area is 104 Å². The van der Waals surface area contributed by atoms with E-state index in [0.29, 0.717) is 5.41 Å². The number of benzene rings is 1. The second-order valence-corrected chi connectivity index (χ2v) is 5.06. The van der Waals surface area contributed by atoms with Crippen LogP contribution in [0.25, 0.3) is 0 Å². The molecule has 2 nitrogen and oxygen atoms in total. The third-order valence-electron chi connectivity index (χ3n) is 3.85. The largest absolute Gasteiger partial charge is 0.494 e. The zero-order valence-corrected chi connectivity index (χ0v) is 11.1. The van der Waals surface area contributed by atoms with Gasteiger partial charge in [0.05, 0.1) is 6.61 Å². The van der Waals surface area contributed by atoms with Crippen LogP contribution in [-0.4, -0.2) is 19.7 Å². The minimum atomic E-state index is 0.313. The Morgan fingerprint density at radius 1 is 1.35 bits per heavy atom. The molecule has 2 atom stereocenters. The normalized spacial score (nSPS) is 26.9. The topological polar surface area (TPSA) is 21.3 Å². The molecule has 1 fully saturated rings. The van der Waals surface area contributed by atoms with E-state index in [-0.39, 0.29) is 0 Å². The Hall–Kier alpha value is -1.02. The monoisotopic (exact) mass is 233 g/mol. The van der Waals surface area contributed by atoms with Gasteiger partial charge in [0.15, 0.2) is 0 Å². The van der Waals surface area contributed by atoms with Gasteiger partial charge < -0.3 is 10.1 Å². The van der Waals surface area contributed by atoms with Gasteiger partial charge in [0.1, 0.15) is 5.75 Å². The second-order valence-electron chi connectivity index (χ2n) is 5.06. The molecule has 0 saturated heterocycles. The first-order valence-corrected chi connectivity index (χ1v) is 6.65. The van der Waals surface area contributed by atoms with Gasteiger partial charge in [-0.15, -0.1) is 0 Å². The summed E-state index contributed by atoms with van der Waals surface area (Å²) < 4.78 is 5.74. The Morgan fingerprint density at radius 2 is 2.12 bits per heavy atom. The summed E-state index contributed by atoms with van der Waals surface area (Å²) in [4.78, 5) is 0. The highest BCUT2D eigenvalue weighted by Gasteiger charge is 2.51. The Bertz CT molecular complexity index is 377. The van der Waals surface area contributed by atoms with Crippen LogP contribution >= 0.6 is 0 Å². The molecule has 0 radical (unpaired) electrons. The third-order valence-corrected chi connectivity index (χ3v) is 3.85. The fourth-order valence-corrected chi connectivity index (χ4v) is 2.62. The van der Waals surface area contributed by atoms with Crippen molar-refractivity contribution >= 4 is 0 Å². The van der Waals surface area contributed by atoms with Crippen LogP contribution in [0, 0.1) is 5.92 Å². The van der Waals surface area contributed by atoms with Crippen molar-refractivity contribution < 1.29 is 4.74 Å². The minimum absolute atomic E-state index is 0.313. The highest BCUT2D eigenvalue weighted by Crippen LogP contribution is 2.55. The van der Waals surface area contributed by atoms with E-state index in [2.05, 4.69) is 43.4 Å². The molecular weight excluding hydrogens is 210 g/mol. The predicted octanol–water partition coefficient (Wildman–Crippen LogP) is 2.97. The van der Waals surface area contributed by atoms with Crippen LogP contribution in [0.15, 0.2) is 24.3 Å². The molecule has 2 rings (SSSR count).